The van der Waals surface area contributed by atoms with Crippen molar-refractivity contribution in [1.82, 2.24) is 33.6 Å². The highest BCUT2D eigenvalue weighted by Crippen LogP contribution is 2.33. The number of aryl methyl sites for hydroxylation is 2. The van der Waals surface area contributed by atoms with Crippen molar-refractivity contribution in [2.24, 2.45) is 13.0 Å². The summed E-state index contributed by atoms with van der Waals surface area (Å²) < 4.78 is 4.35. The van der Waals surface area contributed by atoms with Crippen molar-refractivity contribution in [1.29, 1.82) is 0 Å². The Labute approximate surface area is 264 Å². The molecule has 5 aromatic rings. The van der Waals surface area contributed by atoms with Crippen LogP contribution in [0.3, 0.4) is 0 Å². The van der Waals surface area contributed by atoms with E-state index in [0.29, 0.717) is 49.0 Å². The molecule has 5 heterocycles. The number of piperidine rings is 1. The summed E-state index contributed by atoms with van der Waals surface area (Å²) in [7, 11) is 1.60. The lowest BCUT2D eigenvalue weighted by atomic mass is 9.92. The predicted octanol–water partition coefficient (Wildman–Crippen LogP) is 3.28. The minimum Gasteiger partial charge on any atom is -0.340 e. The Kier molecular flexibility index (Phi) is 7.14. The number of hydrogen-bond donors (Lipinski definition) is 0. The quantitative estimate of drug-likeness (QED) is 0.210. The molecule has 2 aromatic carbocycles. The molecule has 2 amide bonds. The molecule has 1 unspecified atom stereocenters. The average Bonchev–Trinajstić information content (AvgIpc) is 3.56. The highest BCUT2D eigenvalue weighted by Gasteiger charge is 2.44. The molecule has 0 radical (unpaired) electrons. The molecule has 2 aliphatic rings. The normalized spacial score (nSPS) is 18.4. The summed E-state index contributed by atoms with van der Waals surface area (Å²) in [5, 5.41) is 0.909. The molecule has 1 fully saturated rings. The van der Waals surface area contributed by atoms with Crippen molar-refractivity contribution in [3.8, 4) is 0 Å². The number of carbonyl (C=O) groups is 2. The van der Waals surface area contributed by atoms with Gasteiger partial charge < -0.3 is 9.47 Å². The number of benzene rings is 2. The number of rotatable bonds is 6. The number of hydrogen-bond acceptors (Lipinski definition) is 8. The first kappa shape index (κ1) is 29.3. The highest BCUT2D eigenvalue weighted by atomic mass is 16.2. The molecule has 2 atom stereocenters. The number of allylic oxidation sites excluding steroid dienone is 2. The molecule has 0 N–H and O–H groups in total. The van der Waals surface area contributed by atoms with Gasteiger partial charge in [-0.05, 0) is 44.4 Å². The van der Waals surface area contributed by atoms with E-state index in [1.54, 1.807) is 31.3 Å². The molecule has 0 bridgehead atoms. The zero-order valence-electron chi connectivity index (χ0n) is 26.2. The van der Waals surface area contributed by atoms with Gasteiger partial charge in [-0.3, -0.25) is 28.4 Å². The van der Waals surface area contributed by atoms with Crippen LogP contribution in [0.2, 0.25) is 0 Å². The number of anilines is 1. The van der Waals surface area contributed by atoms with Gasteiger partial charge in [0, 0.05) is 37.8 Å². The molecule has 1 saturated heterocycles. The average molecular weight is 619 g/mol. The summed E-state index contributed by atoms with van der Waals surface area (Å²) in [6.07, 6.45) is 4.51. The number of imidazole rings is 1. The van der Waals surface area contributed by atoms with Crippen LogP contribution in [0.1, 0.15) is 52.5 Å². The second-order valence-corrected chi connectivity index (χ2v) is 12.0. The van der Waals surface area contributed by atoms with Crippen LogP contribution in [0.5, 0.6) is 0 Å². The fourth-order valence-corrected chi connectivity index (χ4v) is 6.71. The van der Waals surface area contributed by atoms with Crippen molar-refractivity contribution in [2.45, 2.75) is 46.3 Å². The number of para-hydroxylation sites is 1. The number of amides is 2. The van der Waals surface area contributed by atoms with Crippen LogP contribution < -0.4 is 16.1 Å². The van der Waals surface area contributed by atoms with Gasteiger partial charge in [-0.2, -0.15) is 4.98 Å². The lowest BCUT2D eigenvalue weighted by molar-refractivity contribution is 0.0518. The largest absolute Gasteiger partial charge is 0.340 e. The van der Waals surface area contributed by atoms with E-state index < -0.39 is 17.3 Å². The zero-order valence-corrected chi connectivity index (χ0v) is 26.2. The van der Waals surface area contributed by atoms with E-state index in [4.69, 9.17) is 4.98 Å². The second kappa shape index (κ2) is 11.2. The van der Waals surface area contributed by atoms with E-state index in [9.17, 15) is 19.2 Å². The molecule has 0 saturated carbocycles. The molecule has 234 valence electrons. The summed E-state index contributed by atoms with van der Waals surface area (Å²) in [6, 6.07) is 14.1. The first-order valence-electron chi connectivity index (χ1n) is 15.4. The summed E-state index contributed by atoms with van der Waals surface area (Å²) in [5.74, 6) is 0.336. The zero-order chi connectivity index (χ0) is 32.3. The fourth-order valence-electron chi connectivity index (χ4n) is 6.71. The van der Waals surface area contributed by atoms with Gasteiger partial charge in [-0.25, -0.2) is 14.8 Å². The maximum absolute atomic E-state index is 14.2. The van der Waals surface area contributed by atoms with Crippen LogP contribution >= 0.6 is 0 Å². The lowest BCUT2D eigenvalue weighted by Gasteiger charge is -2.41. The third-order valence-corrected chi connectivity index (χ3v) is 9.23. The Morgan fingerprint density at radius 1 is 0.913 bits per heavy atom. The van der Waals surface area contributed by atoms with Gasteiger partial charge >= 0.3 is 5.69 Å². The third kappa shape index (κ3) is 4.55. The first-order chi connectivity index (χ1) is 22.2. The molecule has 12 nitrogen and oxygen atoms in total. The van der Waals surface area contributed by atoms with Crippen LogP contribution in [0.4, 0.5) is 5.95 Å². The monoisotopic (exact) mass is 618 g/mol. The lowest BCUT2D eigenvalue weighted by Crippen LogP contribution is -2.54. The molecule has 7 rings (SSSR count). The van der Waals surface area contributed by atoms with Gasteiger partial charge in [0.25, 0.3) is 17.4 Å². The van der Waals surface area contributed by atoms with E-state index in [1.165, 1.54) is 9.47 Å². The fraction of sp³-hybridized carbons (Fsp3) is 0.324. The van der Waals surface area contributed by atoms with Crippen molar-refractivity contribution in [2.75, 3.05) is 18.0 Å². The van der Waals surface area contributed by atoms with Gasteiger partial charge in [0.1, 0.15) is 5.82 Å². The maximum Gasteiger partial charge on any atom is 0.332 e. The smallest absolute Gasteiger partial charge is 0.332 e. The summed E-state index contributed by atoms with van der Waals surface area (Å²) in [5.41, 5.74) is 1.86. The van der Waals surface area contributed by atoms with Crippen LogP contribution in [-0.2, 0) is 20.1 Å². The third-order valence-electron chi connectivity index (χ3n) is 9.23. The first-order valence-corrected chi connectivity index (χ1v) is 15.4. The Balaban J connectivity index is 1.31. The van der Waals surface area contributed by atoms with Gasteiger partial charge in [-0.15, -0.1) is 0 Å². The molecule has 0 aliphatic carbocycles. The van der Waals surface area contributed by atoms with Gasteiger partial charge in [0.2, 0.25) is 5.95 Å². The van der Waals surface area contributed by atoms with E-state index in [0.717, 1.165) is 21.2 Å². The van der Waals surface area contributed by atoms with Crippen LogP contribution in [0.25, 0.3) is 22.1 Å². The number of imide groups is 1. The predicted molar refractivity (Wildman–Crippen MR) is 174 cm³/mol. The Morgan fingerprint density at radius 2 is 1.61 bits per heavy atom. The van der Waals surface area contributed by atoms with Crippen LogP contribution in [-0.4, -0.2) is 64.5 Å². The van der Waals surface area contributed by atoms with E-state index in [1.807, 2.05) is 66.7 Å². The number of aromatic nitrogens is 6. The van der Waals surface area contributed by atoms with Gasteiger partial charge in [-0.1, -0.05) is 49.4 Å². The minimum atomic E-state index is -0.523. The highest BCUT2D eigenvalue weighted by molar-refractivity contribution is 6.21. The number of fused-ring (bicyclic) bond motifs is 3. The van der Waals surface area contributed by atoms with Gasteiger partial charge in [0.15, 0.2) is 11.2 Å². The van der Waals surface area contributed by atoms with Crippen molar-refractivity contribution < 1.29 is 9.59 Å². The van der Waals surface area contributed by atoms with Gasteiger partial charge in [0.05, 0.1) is 29.2 Å². The summed E-state index contributed by atoms with van der Waals surface area (Å²) in [4.78, 5) is 72.1. The Hall–Kier alpha value is -5.39. The Morgan fingerprint density at radius 3 is 2.33 bits per heavy atom. The molecular formula is C34H34N8O4. The SMILES string of the molecule is C/C=C/Cn1c(N2CCC(C)[C@@H](N3C(=O)c4ccccc4C3=O)C2)nc2c1c(=O)n(Cc1nc(C)c3ccccc3n1)c(=O)n2C. The molecule has 2 aliphatic heterocycles. The summed E-state index contributed by atoms with van der Waals surface area (Å²) in [6.45, 7) is 7.01. The van der Waals surface area contributed by atoms with Crippen LogP contribution in [0.15, 0.2) is 70.3 Å². The summed E-state index contributed by atoms with van der Waals surface area (Å²) >= 11 is 0. The van der Waals surface area contributed by atoms with E-state index in [-0.39, 0.29) is 35.4 Å². The topological polar surface area (TPSA) is 128 Å². The number of nitrogens with zero attached hydrogens (tertiary/aromatic N) is 8. The van der Waals surface area contributed by atoms with Crippen molar-refractivity contribution >= 4 is 39.8 Å². The Bertz CT molecular complexity index is 2180. The second-order valence-electron chi connectivity index (χ2n) is 12.0. The molecule has 12 heteroatoms. The molecule has 46 heavy (non-hydrogen) atoms. The maximum atomic E-state index is 14.2. The molecule has 3 aromatic heterocycles. The molecular weight excluding hydrogens is 584 g/mol. The van der Waals surface area contributed by atoms with Crippen molar-refractivity contribution in [3.63, 3.8) is 0 Å². The number of carbonyl (C=O) groups excluding carboxylic acids is 2. The van der Waals surface area contributed by atoms with Crippen molar-refractivity contribution in [3.05, 3.63) is 104 Å². The standard InChI is InChI=1S/C34H34N8O4/c1-5-6-16-40-28-29(38(4)34(46)41(32(28)45)19-27-35-21(3)22-11-9-10-14-25(22)36-27)37-33(40)39-17-15-20(2)26(18-39)42-30(43)23-12-7-8-13-24(23)31(42)44/h5-14,20,26H,15-19H2,1-4H3/b6-5+/t20?,26-/m0/s1. The van der Waals surface area contributed by atoms with E-state index >= 15 is 0 Å². The van der Waals surface area contributed by atoms with Crippen LogP contribution in [0, 0.1) is 12.8 Å². The molecule has 0 spiro atoms. The van der Waals surface area contributed by atoms with E-state index in [2.05, 4.69) is 9.97 Å². The minimum absolute atomic E-state index is 0.0545.